The number of nitrogens with one attached hydrogen (secondary N) is 1. The summed E-state index contributed by atoms with van der Waals surface area (Å²) in [4.78, 5) is 13.2. The summed E-state index contributed by atoms with van der Waals surface area (Å²) in [6.45, 7) is 0.810. The van der Waals surface area contributed by atoms with Crippen LogP contribution in [0, 0.1) is 11.3 Å². The highest BCUT2D eigenvalue weighted by Gasteiger charge is 2.31. The normalized spacial score (nSPS) is 15.9. The number of imidazole rings is 1. The number of rotatable bonds is 4. The third-order valence-electron chi connectivity index (χ3n) is 5.06. The minimum Gasteiger partial charge on any atom is -0.491 e. The molecule has 0 spiro atoms. The summed E-state index contributed by atoms with van der Waals surface area (Å²) < 4.78 is 10.2. The molecule has 1 aliphatic heterocycles. The second-order valence-corrected chi connectivity index (χ2v) is 8.81. The van der Waals surface area contributed by atoms with Crippen LogP contribution in [0.15, 0.2) is 47.2 Å². The van der Waals surface area contributed by atoms with Crippen molar-refractivity contribution in [1.82, 2.24) is 9.13 Å². The average Bonchev–Trinajstić information content (AvgIpc) is 2.99. The van der Waals surface area contributed by atoms with Crippen LogP contribution >= 0.6 is 39.1 Å². The maximum absolute atomic E-state index is 13.2. The van der Waals surface area contributed by atoms with Crippen molar-refractivity contribution in [3.8, 4) is 5.75 Å². The zero-order valence-electron chi connectivity index (χ0n) is 15.6. The third-order valence-corrected chi connectivity index (χ3v) is 6.39. The maximum atomic E-state index is 13.2. The Kier molecular flexibility index (Phi) is 5.60. The van der Waals surface area contributed by atoms with Crippen molar-refractivity contribution < 1.29 is 9.53 Å². The number of benzene rings is 2. The summed E-state index contributed by atoms with van der Waals surface area (Å²) in [5.41, 5.74) is 2.82. The summed E-state index contributed by atoms with van der Waals surface area (Å²) in [6, 6.07) is 9.21. The van der Waals surface area contributed by atoms with Crippen LogP contribution in [0.3, 0.4) is 0 Å². The Labute approximate surface area is 186 Å². The molecule has 29 heavy (non-hydrogen) atoms. The third kappa shape index (κ3) is 4.02. The number of aromatic nitrogens is 2. The van der Waals surface area contributed by atoms with Gasteiger partial charge in [-0.1, -0.05) is 29.3 Å². The van der Waals surface area contributed by atoms with Crippen molar-refractivity contribution in [3.63, 3.8) is 0 Å². The molecule has 2 heterocycles. The Bertz CT molecular complexity index is 1170. The molecule has 1 aromatic heterocycles. The van der Waals surface area contributed by atoms with Crippen LogP contribution < -0.4 is 10.4 Å². The highest BCUT2D eigenvalue weighted by Crippen LogP contribution is 2.37. The van der Waals surface area contributed by atoms with Gasteiger partial charge in [-0.25, -0.2) is 0 Å². The van der Waals surface area contributed by atoms with E-state index in [0.29, 0.717) is 46.5 Å². The number of ketones is 1. The first-order valence-electron chi connectivity index (χ1n) is 9.03. The van der Waals surface area contributed by atoms with Crippen LogP contribution in [0.2, 0.25) is 10.0 Å². The van der Waals surface area contributed by atoms with Crippen LogP contribution in [0.1, 0.15) is 21.5 Å². The van der Waals surface area contributed by atoms with Crippen LogP contribution in [0.4, 0.5) is 0 Å². The molecule has 0 bridgehead atoms. The summed E-state index contributed by atoms with van der Waals surface area (Å²) in [7, 11) is 1.83. The van der Waals surface area contributed by atoms with Crippen LogP contribution in [-0.2, 0) is 20.0 Å². The van der Waals surface area contributed by atoms with Gasteiger partial charge in [-0.15, -0.1) is 0 Å². The van der Waals surface area contributed by atoms with E-state index < -0.39 is 0 Å². The lowest BCUT2D eigenvalue weighted by Gasteiger charge is -2.26. The van der Waals surface area contributed by atoms with E-state index in [-0.39, 0.29) is 11.7 Å². The number of carbonyl (C=O) groups is 1. The Morgan fingerprint density at radius 1 is 1.17 bits per heavy atom. The second kappa shape index (κ2) is 8.01. The van der Waals surface area contributed by atoms with E-state index in [1.54, 1.807) is 16.7 Å². The predicted molar refractivity (Wildman–Crippen MR) is 116 cm³/mol. The van der Waals surface area contributed by atoms with Gasteiger partial charge in [0.25, 0.3) is 0 Å². The minimum atomic E-state index is -0.294. The Hall–Kier alpha value is -2.02. The van der Waals surface area contributed by atoms with E-state index >= 15 is 0 Å². The Morgan fingerprint density at radius 2 is 1.97 bits per heavy atom. The first kappa shape index (κ1) is 20.3. The highest BCUT2D eigenvalue weighted by molar-refractivity contribution is 9.10. The minimum absolute atomic E-state index is 0.0454. The van der Waals surface area contributed by atoms with Gasteiger partial charge in [0.15, 0.2) is 5.78 Å². The number of carbonyl (C=O) groups excluding carboxylic acids is 1. The van der Waals surface area contributed by atoms with Crippen LogP contribution in [-0.4, -0.2) is 21.5 Å². The number of fused-ring (bicyclic) bond motifs is 1. The van der Waals surface area contributed by atoms with Crippen molar-refractivity contribution in [3.05, 3.63) is 79.6 Å². The maximum Gasteiger partial charge on any atom is 0.202 e. The SMILES string of the molecule is Cn1ccn(Cc2cc(Br)c3c(c2)C(=O)[C@@H](Cc2ccc(Cl)c(Cl)c2)CO3)c1=N. The largest absolute Gasteiger partial charge is 0.491 e. The first-order chi connectivity index (χ1) is 13.8. The molecule has 1 atom stereocenters. The lowest BCUT2D eigenvalue weighted by molar-refractivity contribution is 0.0829. The van der Waals surface area contributed by atoms with E-state index in [0.717, 1.165) is 15.6 Å². The quantitative estimate of drug-likeness (QED) is 0.563. The number of ether oxygens (including phenoxy) is 1. The predicted octanol–water partition coefficient (Wildman–Crippen LogP) is 4.86. The van der Waals surface area contributed by atoms with Gasteiger partial charge < -0.3 is 13.9 Å². The number of nitrogens with zero attached hydrogens (tertiary/aromatic N) is 2. The molecule has 0 saturated carbocycles. The van der Waals surface area contributed by atoms with Gasteiger partial charge in [-0.05, 0) is 57.7 Å². The topological polar surface area (TPSA) is 60.0 Å². The van der Waals surface area contributed by atoms with Crippen LogP contribution in [0.5, 0.6) is 5.75 Å². The monoisotopic (exact) mass is 493 g/mol. The number of hydrogen-bond donors (Lipinski definition) is 1. The molecule has 150 valence electrons. The van der Waals surface area contributed by atoms with Gasteiger partial charge >= 0.3 is 0 Å². The summed E-state index contributed by atoms with van der Waals surface area (Å²) >= 11 is 15.6. The van der Waals surface area contributed by atoms with Gasteiger partial charge in [-0.3, -0.25) is 10.2 Å². The molecular formula is C21H18BrCl2N3O2. The van der Waals surface area contributed by atoms with Crippen molar-refractivity contribution in [2.45, 2.75) is 13.0 Å². The standard InChI is InChI=1S/C21H18BrCl2N3O2/c1-26-4-5-27(21(26)25)10-13-7-15-19(28)14(11-29-20(15)16(22)8-13)6-12-2-3-17(23)18(24)9-12/h2-5,7-9,14,25H,6,10-11H2,1H3/t14-/m0/s1. The lowest BCUT2D eigenvalue weighted by Crippen LogP contribution is -2.30. The average molecular weight is 495 g/mol. The van der Waals surface area contributed by atoms with E-state index in [1.807, 2.05) is 42.2 Å². The van der Waals surface area contributed by atoms with Crippen molar-refractivity contribution in [2.75, 3.05) is 6.61 Å². The number of aryl methyl sites for hydroxylation is 1. The zero-order chi connectivity index (χ0) is 20.7. The molecule has 0 saturated heterocycles. The van der Waals surface area contributed by atoms with Crippen molar-refractivity contribution in [2.24, 2.45) is 13.0 Å². The van der Waals surface area contributed by atoms with E-state index in [1.165, 1.54) is 0 Å². The van der Waals surface area contributed by atoms with E-state index in [9.17, 15) is 4.79 Å². The molecule has 3 aromatic rings. The van der Waals surface area contributed by atoms with Gasteiger partial charge in [0.2, 0.25) is 5.62 Å². The van der Waals surface area contributed by atoms with Crippen molar-refractivity contribution in [1.29, 1.82) is 5.41 Å². The van der Waals surface area contributed by atoms with Gasteiger partial charge in [0.1, 0.15) is 5.75 Å². The van der Waals surface area contributed by atoms with Crippen LogP contribution in [0.25, 0.3) is 0 Å². The van der Waals surface area contributed by atoms with E-state index in [2.05, 4.69) is 15.9 Å². The Balaban J connectivity index is 1.61. The molecule has 0 fully saturated rings. The molecule has 1 N–H and O–H groups in total. The summed E-state index contributed by atoms with van der Waals surface area (Å²) in [5.74, 6) is 0.329. The molecule has 1 aliphatic rings. The fourth-order valence-corrected chi connectivity index (χ4v) is 4.44. The smallest absolute Gasteiger partial charge is 0.202 e. The molecule has 0 radical (unpaired) electrons. The van der Waals surface area contributed by atoms with Gasteiger partial charge in [0, 0.05) is 19.4 Å². The van der Waals surface area contributed by atoms with Gasteiger partial charge in [-0.2, -0.15) is 0 Å². The molecular weight excluding hydrogens is 477 g/mol. The fourth-order valence-electron chi connectivity index (χ4n) is 3.50. The molecule has 2 aromatic carbocycles. The highest BCUT2D eigenvalue weighted by atomic mass is 79.9. The lowest BCUT2D eigenvalue weighted by atomic mass is 9.89. The molecule has 5 nitrogen and oxygen atoms in total. The molecule has 0 unspecified atom stereocenters. The van der Waals surface area contributed by atoms with Crippen molar-refractivity contribution >= 4 is 44.9 Å². The number of halogens is 3. The molecule has 0 amide bonds. The number of hydrogen-bond acceptors (Lipinski definition) is 3. The molecule has 4 rings (SSSR count). The zero-order valence-corrected chi connectivity index (χ0v) is 18.7. The summed E-state index contributed by atoms with van der Waals surface area (Å²) in [6.07, 6.45) is 4.21. The fraction of sp³-hybridized carbons (Fsp3) is 0.238. The molecule has 0 aliphatic carbocycles. The first-order valence-corrected chi connectivity index (χ1v) is 10.6. The van der Waals surface area contributed by atoms with E-state index in [4.69, 9.17) is 33.3 Å². The Morgan fingerprint density at radius 3 is 2.66 bits per heavy atom. The van der Waals surface area contributed by atoms with Gasteiger partial charge in [0.05, 0.1) is 39.2 Å². The summed E-state index contributed by atoms with van der Waals surface area (Å²) in [5, 5.41) is 9.07. The second-order valence-electron chi connectivity index (χ2n) is 7.14. The number of Topliss-reactive ketones (excluding diaryl/α,β-unsaturated/α-hetero) is 1. The molecule has 8 heteroatoms.